The standard InChI is InChI=1S/C6H6IN5OS/c1-12-10-5(9-11-12)4(13)6-8-2-3(7)14-6/h2,4,13H,1H3. The van der Waals surface area contributed by atoms with E-state index in [0.717, 1.165) is 2.88 Å². The SMILES string of the molecule is Cn1nnc(C(O)c2ncc(I)s2)n1. The molecule has 0 aliphatic heterocycles. The third-order valence-electron chi connectivity index (χ3n) is 1.50. The zero-order valence-corrected chi connectivity index (χ0v) is 10.1. The first-order valence-corrected chi connectivity index (χ1v) is 5.59. The van der Waals surface area contributed by atoms with Crippen molar-refractivity contribution < 1.29 is 5.11 Å². The number of thiazole rings is 1. The van der Waals surface area contributed by atoms with Gasteiger partial charge in [0.05, 0.1) is 16.1 Å². The van der Waals surface area contributed by atoms with Gasteiger partial charge in [-0.1, -0.05) is 0 Å². The zero-order valence-electron chi connectivity index (χ0n) is 7.12. The van der Waals surface area contributed by atoms with E-state index in [1.165, 1.54) is 16.1 Å². The van der Waals surface area contributed by atoms with Crippen LogP contribution in [0.4, 0.5) is 0 Å². The topological polar surface area (TPSA) is 76.7 Å². The lowest BCUT2D eigenvalue weighted by Gasteiger charge is -1.99. The molecule has 1 N–H and O–H groups in total. The third-order valence-corrected chi connectivity index (χ3v) is 3.27. The summed E-state index contributed by atoms with van der Waals surface area (Å²) < 4.78 is 1.01. The molecule has 0 amide bonds. The number of aliphatic hydroxyl groups excluding tert-OH is 1. The Bertz CT molecular complexity index is 401. The van der Waals surface area contributed by atoms with E-state index in [0.29, 0.717) is 5.01 Å². The smallest absolute Gasteiger partial charge is 0.210 e. The Morgan fingerprint density at radius 3 is 2.93 bits per heavy atom. The summed E-state index contributed by atoms with van der Waals surface area (Å²) in [6, 6.07) is 0. The van der Waals surface area contributed by atoms with Crippen LogP contribution in [0, 0.1) is 2.88 Å². The summed E-state index contributed by atoms with van der Waals surface area (Å²) in [5.41, 5.74) is 0. The van der Waals surface area contributed by atoms with E-state index in [9.17, 15) is 5.11 Å². The normalized spacial score (nSPS) is 13.1. The van der Waals surface area contributed by atoms with Crippen LogP contribution in [0.25, 0.3) is 0 Å². The van der Waals surface area contributed by atoms with Gasteiger partial charge in [-0.3, -0.25) is 0 Å². The van der Waals surface area contributed by atoms with E-state index in [2.05, 4.69) is 43.0 Å². The lowest BCUT2D eigenvalue weighted by atomic mass is 10.4. The maximum atomic E-state index is 9.78. The van der Waals surface area contributed by atoms with Gasteiger partial charge in [0.15, 0.2) is 6.10 Å². The van der Waals surface area contributed by atoms with E-state index in [4.69, 9.17) is 0 Å². The van der Waals surface area contributed by atoms with Crippen LogP contribution in [0.2, 0.25) is 0 Å². The highest BCUT2D eigenvalue weighted by atomic mass is 127. The number of nitrogens with zero attached hydrogens (tertiary/aromatic N) is 5. The molecule has 2 rings (SSSR count). The van der Waals surface area contributed by atoms with Gasteiger partial charge in [-0.2, -0.15) is 4.80 Å². The van der Waals surface area contributed by atoms with Crippen molar-refractivity contribution in [1.29, 1.82) is 0 Å². The van der Waals surface area contributed by atoms with E-state index >= 15 is 0 Å². The van der Waals surface area contributed by atoms with Crippen molar-refractivity contribution in [1.82, 2.24) is 25.2 Å². The van der Waals surface area contributed by atoms with Crippen molar-refractivity contribution in [3.63, 3.8) is 0 Å². The molecule has 0 aromatic carbocycles. The maximum absolute atomic E-state index is 9.78. The summed E-state index contributed by atoms with van der Waals surface area (Å²) in [5.74, 6) is 0.276. The minimum atomic E-state index is -0.878. The molecule has 8 heteroatoms. The van der Waals surface area contributed by atoms with Crippen molar-refractivity contribution in [2.24, 2.45) is 7.05 Å². The lowest BCUT2D eigenvalue weighted by Crippen LogP contribution is -2.02. The molecular weight excluding hydrogens is 317 g/mol. The average Bonchev–Trinajstić information content (AvgIpc) is 2.73. The first-order valence-electron chi connectivity index (χ1n) is 3.70. The Kier molecular flexibility index (Phi) is 2.74. The second-order valence-corrected chi connectivity index (χ2v) is 5.50. The molecule has 0 radical (unpaired) electrons. The first-order chi connectivity index (χ1) is 6.66. The lowest BCUT2D eigenvalue weighted by molar-refractivity contribution is 0.209. The number of aryl methyl sites for hydroxylation is 1. The Morgan fingerprint density at radius 2 is 2.43 bits per heavy atom. The summed E-state index contributed by atoms with van der Waals surface area (Å²) in [4.78, 5) is 5.35. The highest BCUT2D eigenvalue weighted by Gasteiger charge is 2.18. The highest BCUT2D eigenvalue weighted by Crippen LogP contribution is 2.24. The largest absolute Gasteiger partial charge is 0.378 e. The van der Waals surface area contributed by atoms with Gasteiger partial charge < -0.3 is 5.11 Å². The Morgan fingerprint density at radius 1 is 1.64 bits per heavy atom. The summed E-state index contributed by atoms with van der Waals surface area (Å²) in [7, 11) is 1.65. The molecule has 0 saturated carbocycles. The Labute approximate surface area is 97.1 Å². The first kappa shape index (κ1) is 9.93. The van der Waals surface area contributed by atoms with Gasteiger partial charge in [0.2, 0.25) is 5.82 Å². The van der Waals surface area contributed by atoms with Gasteiger partial charge >= 0.3 is 0 Å². The molecule has 2 aromatic rings. The van der Waals surface area contributed by atoms with Crippen molar-refractivity contribution in [2.45, 2.75) is 6.10 Å². The number of rotatable bonds is 2. The van der Waals surface area contributed by atoms with Crippen molar-refractivity contribution in [3.8, 4) is 0 Å². The van der Waals surface area contributed by atoms with Gasteiger partial charge in [0.25, 0.3) is 0 Å². The summed E-state index contributed by atoms with van der Waals surface area (Å²) in [6.45, 7) is 0. The Balaban J connectivity index is 2.28. The van der Waals surface area contributed by atoms with Gasteiger partial charge in [-0.05, 0) is 27.8 Å². The molecule has 0 saturated heterocycles. The molecule has 2 aromatic heterocycles. The number of aromatic nitrogens is 5. The van der Waals surface area contributed by atoms with Crippen LogP contribution < -0.4 is 0 Å². The fraction of sp³-hybridized carbons (Fsp3) is 0.333. The summed E-state index contributed by atoms with van der Waals surface area (Å²) in [6.07, 6.45) is 0.817. The van der Waals surface area contributed by atoms with Gasteiger partial charge in [-0.15, -0.1) is 21.5 Å². The molecule has 6 nitrogen and oxygen atoms in total. The predicted molar refractivity (Wildman–Crippen MR) is 57.7 cm³/mol. The second kappa shape index (κ2) is 3.87. The average molecular weight is 323 g/mol. The molecular formula is C6H6IN5OS. The van der Waals surface area contributed by atoms with Crippen LogP contribution in [-0.4, -0.2) is 30.3 Å². The fourth-order valence-corrected chi connectivity index (χ4v) is 2.36. The van der Waals surface area contributed by atoms with Crippen LogP contribution in [0.15, 0.2) is 6.20 Å². The molecule has 74 valence electrons. The van der Waals surface area contributed by atoms with Crippen molar-refractivity contribution in [3.05, 3.63) is 19.9 Å². The van der Waals surface area contributed by atoms with E-state index in [-0.39, 0.29) is 5.82 Å². The minimum absolute atomic E-state index is 0.276. The Hall–Kier alpha value is -0.610. The summed E-state index contributed by atoms with van der Waals surface area (Å²) >= 11 is 3.55. The molecule has 0 fully saturated rings. The van der Waals surface area contributed by atoms with Crippen LogP contribution in [0.5, 0.6) is 0 Å². The highest BCUT2D eigenvalue weighted by molar-refractivity contribution is 14.1. The van der Waals surface area contributed by atoms with Crippen LogP contribution >= 0.6 is 33.9 Å². The van der Waals surface area contributed by atoms with Crippen LogP contribution in [0.1, 0.15) is 16.9 Å². The molecule has 0 bridgehead atoms. The summed E-state index contributed by atoms with van der Waals surface area (Å²) in [5, 5.41) is 21.6. The number of hydrogen-bond acceptors (Lipinski definition) is 6. The number of tetrazole rings is 1. The quantitative estimate of drug-likeness (QED) is 0.807. The molecule has 0 aliphatic carbocycles. The van der Waals surface area contributed by atoms with E-state index < -0.39 is 6.10 Å². The fourth-order valence-electron chi connectivity index (χ4n) is 0.912. The molecule has 0 spiro atoms. The van der Waals surface area contributed by atoms with E-state index in [1.54, 1.807) is 13.2 Å². The predicted octanol–water partition coefficient (Wildman–Crippen LogP) is 0.353. The minimum Gasteiger partial charge on any atom is -0.378 e. The van der Waals surface area contributed by atoms with Crippen molar-refractivity contribution >= 4 is 33.9 Å². The van der Waals surface area contributed by atoms with Gasteiger partial charge in [0, 0.05) is 0 Å². The number of halogens is 1. The molecule has 2 heterocycles. The third kappa shape index (κ3) is 1.91. The number of aliphatic hydroxyl groups is 1. The molecule has 14 heavy (non-hydrogen) atoms. The van der Waals surface area contributed by atoms with Gasteiger partial charge in [0.1, 0.15) is 5.01 Å². The number of hydrogen-bond donors (Lipinski definition) is 1. The van der Waals surface area contributed by atoms with E-state index in [1.807, 2.05) is 0 Å². The zero-order chi connectivity index (χ0) is 10.1. The molecule has 0 aliphatic rings. The molecule has 1 unspecified atom stereocenters. The van der Waals surface area contributed by atoms with Crippen LogP contribution in [0.3, 0.4) is 0 Å². The van der Waals surface area contributed by atoms with Crippen molar-refractivity contribution in [2.75, 3.05) is 0 Å². The second-order valence-electron chi connectivity index (χ2n) is 2.54. The maximum Gasteiger partial charge on any atom is 0.210 e. The van der Waals surface area contributed by atoms with Crippen LogP contribution in [-0.2, 0) is 7.05 Å². The van der Waals surface area contributed by atoms with Gasteiger partial charge in [-0.25, -0.2) is 4.98 Å². The molecule has 1 atom stereocenters. The monoisotopic (exact) mass is 323 g/mol.